The molecule has 1 unspecified atom stereocenters. The monoisotopic (exact) mass is 273 g/mol. The van der Waals surface area contributed by atoms with Gasteiger partial charge >= 0.3 is 0 Å². The van der Waals surface area contributed by atoms with Crippen molar-refractivity contribution in [2.75, 3.05) is 18.8 Å². The smallest absolute Gasteiger partial charge is 0.214 e. The van der Waals surface area contributed by atoms with Gasteiger partial charge in [-0.1, -0.05) is 19.3 Å². The topological polar surface area (TPSA) is 54.5 Å². The van der Waals surface area contributed by atoms with E-state index in [0.717, 1.165) is 44.8 Å². The molecule has 2 aliphatic rings. The third-order valence-corrected chi connectivity index (χ3v) is 6.19. The summed E-state index contributed by atoms with van der Waals surface area (Å²) in [5, 5.41) is 0. The first-order valence-electron chi connectivity index (χ1n) is 7.05. The molecule has 2 fully saturated rings. The molecule has 2 rings (SSSR count). The Bertz CT molecular complexity index is 374. The lowest BCUT2D eigenvalue weighted by molar-refractivity contribution is -0.112. The minimum absolute atomic E-state index is 0.0973. The zero-order valence-electron chi connectivity index (χ0n) is 10.9. The maximum atomic E-state index is 12.3. The number of rotatable bonds is 4. The molecule has 0 aromatic heterocycles. The van der Waals surface area contributed by atoms with E-state index in [1.807, 2.05) is 0 Å². The van der Waals surface area contributed by atoms with Crippen molar-refractivity contribution in [3.63, 3.8) is 0 Å². The van der Waals surface area contributed by atoms with E-state index in [1.165, 1.54) is 6.42 Å². The van der Waals surface area contributed by atoms with Gasteiger partial charge in [-0.2, -0.15) is 0 Å². The van der Waals surface area contributed by atoms with Crippen LogP contribution in [0, 0.1) is 11.8 Å². The van der Waals surface area contributed by atoms with Crippen LogP contribution in [0.2, 0.25) is 0 Å². The van der Waals surface area contributed by atoms with Gasteiger partial charge in [-0.25, -0.2) is 12.7 Å². The van der Waals surface area contributed by atoms with Gasteiger partial charge in [-0.15, -0.1) is 0 Å². The number of carbonyl (C=O) groups excluding carboxylic acids is 1. The quantitative estimate of drug-likeness (QED) is 0.734. The van der Waals surface area contributed by atoms with Crippen molar-refractivity contribution in [2.45, 2.75) is 44.9 Å². The Morgan fingerprint density at radius 3 is 2.44 bits per heavy atom. The van der Waals surface area contributed by atoms with Crippen LogP contribution in [-0.4, -0.2) is 37.9 Å². The van der Waals surface area contributed by atoms with E-state index in [9.17, 15) is 13.2 Å². The first-order chi connectivity index (χ1) is 8.62. The van der Waals surface area contributed by atoms with Crippen molar-refractivity contribution in [3.8, 4) is 0 Å². The Labute approximate surface area is 110 Å². The Hall–Kier alpha value is -0.420. The van der Waals surface area contributed by atoms with Gasteiger partial charge in [0.15, 0.2) is 0 Å². The number of sulfonamides is 1. The number of carbonyl (C=O) groups is 1. The molecule has 1 saturated heterocycles. The number of piperidine rings is 1. The highest BCUT2D eigenvalue weighted by atomic mass is 32.2. The lowest BCUT2D eigenvalue weighted by atomic mass is 9.91. The van der Waals surface area contributed by atoms with Gasteiger partial charge in [0.05, 0.1) is 5.75 Å². The Morgan fingerprint density at radius 2 is 1.78 bits per heavy atom. The van der Waals surface area contributed by atoms with Crippen molar-refractivity contribution in [3.05, 3.63) is 0 Å². The van der Waals surface area contributed by atoms with E-state index in [0.29, 0.717) is 24.8 Å². The highest BCUT2D eigenvalue weighted by molar-refractivity contribution is 7.89. The van der Waals surface area contributed by atoms with Gasteiger partial charge in [0.1, 0.15) is 6.29 Å². The zero-order valence-corrected chi connectivity index (χ0v) is 11.7. The largest absolute Gasteiger partial charge is 0.303 e. The van der Waals surface area contributed by atoms with Crippen LogP contribution in [0.15, 0.2) is 0 Å². The maximum absolute atomic E-state index is 12.3. The average molecular weight is 273 g/mol. The molecule has 1 heterocycles. The summed E-state index contributed by atoms with van der Waals surface area (Å²) in [6.45, 7) is 0.998. The summed E-state index contributed by atoms with van der Waals surface area (Å²) < 4.78 is 26.2. The molecular weight excluding hydrogens is 250 g/mol. The molecule has 1 aliphatic carbocycles. The van der Waals surface area contributed by atoms with Crippen molar-refractivity contribution in [1.29, 1.82) is 0 Å². The highest BCUT2D eigenvalue weighted by Crippen LogP contribution is 2.27. The lowest BCUT2D eigenvalue weighted by Gasteiger charge is -2.31. The van der Waals surface area contributed by atoms with Gasteiger partial charge in [0.2, 0.25) is 10.0 Å². The summed E-state index contributed by atoms with van der Waals surface area (Å²) in [6.07, 6.45) is 8.21. The van der Waals surface area contributed by atoms with Crippen LogP contribution >= 0.6 is 0 Å². The Kier molecular flexibility index (Phi) is 4.78. The summed E-state index contributed by atoms with van der Waals surface area (Å²) in [5.41, 5.74) is 0. The molecule has 5 heteroatoms. The summed E-state index contributed by atoms with van der Waals surface area (Å²) in [7, 11) is -3.15. The molecule has 1 atom stereocenters. The second-order valence-corrected chi connectivity index (χ2v) is 7.69. The van der Waals surface area contributed by atoms with Gasteiger partial charge in [0.25, 0.3) is 0 Å². The third-order valence-electron chi connectivity index (χ3n) is 4.18. The van der Waals surface area contributed by atoms with Crippen molar-refractivity contribution >= 4 is 16.3 Å². The van der Waals surface area contributed by atoms with E-state index in [1.54, 1.807) is 4.31 Å². The molecule has 0 aromatic carbocycles. The molecule has 1 aliphatic heterocycles. The molecule has 0 bridgehead atoms. The molecule has 0 aromatic rings. The fourth-order valence-electron chi connectivity index (χ4n) is 3.09. The van der Waals surface area contributed by atoms with Gasteiger partial charge in [-0.05, 0) is 31.6 Å². The van der Waals surface area contributed by atoms with Crippen molar-refractivity contribution in [1.82, 2.24) is 4.31 Å². The summed E-state index contributed by atoms with van der Waals surface area (Å²) in [6, 6.07) is 0. The number of nitrogens with zero attached hydrogens (tertiary/aromatic N) is 1. The average Bonchev–Trinajstić information content (AvgIpc) is 2.39. The molecular formula is C13H23NO3S. The van der Waals surface area contributed by atoms with E-state index in [4.69, 9.17) is 0 Å². The van der Waals surface area contributed by atoms with Gasteiger partial charge in [-0.3, -0.25) is 0 Å². The van der Waals surface area contributed by atoms with Crippen LogP contribution in [0.25, 0.3) is 0 Å². The van der Waals surface area contributed by atoms with Crippen LogP contribution in [0.3, 0.4) is 0 Å². The molecule has 18 heavy (non-hydrogen) atoms. The van der Waals surface area contributed by atoms with Crippen molar-refractivity contribution < 1.29 is 13.2 Å². The molecule has 0 spiro atoms. The predicted molar refractivity (Wildman–Crippen MR) is 70.7 cm³/mol. The fraction of sp³-hybridized carbons (Fsp3) is 0.923. The minimum atomic E-state index is -3.15. The highest BCUT2D eigenvalue weighted by Gasteiger charge is 2.31. The van der Waals surface area contributed by atoms with Crippen LogP contribution in [0.1, 0.15) is 44.9 Å². The minimum Gasteiger partial charge on any atom is -0.303 e. The van der Waals surface area contributed by atoms with Crippen LogP contribution in [0.5, 0.6) is 0 Å². The van der Waals surface area contributed by atoms with Gasteiger partial charge < -0.3 is 4.79 Å². The SMILES string of the molecule is O=CC1CCCN(S(=O)(=O)CC2CCCCC2)C1. The second kappa shape index (κ2) is 6.15. The lowest BCUT2D eigenvalue weighted by Crippen LogP contribution is -2.42. The summed E-state index contributed by atoms with van der Waals surface area (Å²) in [4.78, 5) is 10.8. The van der Waals surface area contributed by atoms with Gasteiger partial charge in [0, 0.05) is 19.0 Å². The van der Waals surface area contributed by atoms with E-state index in [-0.39, 0.29) is 5.92 Å². The second-order valence-electron chi connectivity index (χ2n) is 5.68. The fourth-order valence-corrected chi connectivity index (χ4v) is 5.06. The van der Waals surface area contributed by atoms with E-state index < -0.39 is 10.0 Å². The molecule has 0 N–H and O–H groups in total. The van der Waals surface area contributed by atoms with Crippen LogP contribution in [-0.2, 0) is 14.8 Å². The zero-order chi connectivity index (χ0) is 13.0. The summed E-state index contributed by atoms with van der Waals surface area (Å²) >= 11 is 0. The predicted octanol–water partition coefficient (Wildman–Crippen LogP) is 1.81. The number of hydrogen-bond acceptors (Lipinski definition) is 3. The summed E-state index contributed by atoms with van der Waals surface area (Å²) in [5.74, 6) is 0.527. The Morgan fingerprint density at radius 1 is 1.06 bits per heavy atom. The number of aldehydes is 1. The molecule has 0 radical (unpaired) electrons. The Balaban J connectivity index is 1.94. The van der Waals surface area contributed by atoms with E-state index in [2.05, 4.69) is 0 Å². The van der Waals surface area contributed by atoms with E-state index >= 15 is 0 Å². The molecule has 1 saturated carbocycles. The first-order valence-corrected chi connectivity index (χ1v) is 8.66. The maximum Gasteiger partial charge on any atom is 0.214 e. The molecule has 104 valence electrons. The standard InChI is InChI=1S/C13H23NO3S/c15-10-13-7-4-8-14(9-13)18(16,17)11-12-5-2-1-3-6-12/h10,12-13H,1-9,11H2. The molecule has 4 nitrogen and oxygen atoms in total. The third kappa shape index (κ3) is 3.54. The molecule has 0 amide bonds. The number of hydrogen-bond donors (Lipinski definition) is 0. The van der Waals surface area contributed by atoms with Crippen LogP contribution in [0.4, 0.5) is 0 Å². The normalized spacial score (nSPS) is 28.1. The van der Waals surface area contributed by atoms with Crippen molar-refractivity contribution in [2.24, 2.45) is 11.8 Å². The first kappa shape index (κ1) is 14.0. The van der Waals surface area contributed by atoms with Crippen LogP contribution < -0.4 is 0 Å².